The fourth-order valence-corrected chi connectivity index (χ4v) is 4.43. The highest BCUT2D eigenvalue weighted by Gasteiger charge is 2.64. The highest BCUT2D eigenvalue weighted by molar-refractivity contribution is 6.00. The normalized spacial score (nSPS) is 17.4. The van der Waals surface area contributed by atoms with Crippen molar-refractivity contribution in [3.63, 3.8) is 0 Å². The minimum Gasteiger partial charge on any atom is -0.456 e. The van der Waals surface area contributed by atoms with Crippen LogP contribution < -0.4 is 10.6 Å². The molecule has 0 radical (unpaired) electrons. The molecule has 1 aromatic rings. The van der Waals surface area contributed by atoms with Crippen LogP contribution in [0.3, 0.4) is 0 Å². The van der Waals surface area contributed by atoms with Gasteiger partial charge in [0.05, 0.1) is 11.6 Å². The number of hydrogen-bond donors (Lipinski definition) is 2. The Kier molecular flexibility index (Phi) is 11.1. The average molecular weight is 620 g/mol. The van der Waals surface area contributed by atoms with Gasteiger partial charge in [-0.3, -0.25) is 19.2 Å². The molecule has 1 aliphatic rings. The van der Waals surface area contributed by atoms with Gasteiger partial charge in [0.2, 0.25) is 17.6 Å². The van der Waals surface area contributed by atoms with Crippen LogP contribution in [0.25, 0.3) is 0 Å². The van der Waals surface area contributed by atoms with E-state index in [1.54, 1.807) is 34.6 Å². The molecular weight excluding hydrogens is 581 g/mol. The monoisotopic (exact) mass is 619 g/mol. The summed E-state index contributed by atoms with van der Waals surface area (Å²) in [5, 5.41) is 4.61. The number of rotatable bonds is 10. The van der Waals surface area contributed by atoms with Gasteiger partial charge in [-0.25, -0.2) is 4.79 Å². The Morgan fingerprint density at radius 3 is 1.81 bits per heavy atom. The molecule has 1 aromatic carbocycles. The first-order chi connectivity index (χ1) is 19.6. The summed E-state index contributed by atoms with van der Waals surface area (Å²) in [4.78, 5) is 65.1. The molecule has 43 heavy (non-hydrogen) atoms. The number of carbonyl (C=O) groups excluding carboxylic acids is 5. The third-order valence-corrected chi connectivity index (χ3v) is 6.75. The predicted molar refractivity (Wildman–Crippen MR) is 145 cm³/mol. The number of likely N-dealkylation sites (tertiary alicyclic amines) is 1. The molecule has 1 heterocycles. The van der Waals surface area contributed by atoms with Crippen LogP contribution in [0.5, 0.6) is 0 Å². The van der Waals surface area contributed by atoms with Crippen LogP contribution in [-0.2, 0) is 19.1 Å². The van der Waals surface area contributed by atoms with Gasteiger partial charge in [0, 0.05) is 12.1 Å². The predicted octanol–water partition coefficient (Wildman–Crippen LogP) is 4.29. The second-order valence-electron chi connectivity index (χ2n) is 12.1. The number of esters is 1. The number of carbonyl (C=O) groups is 5. The Labute approximate surface area is 246 Å². The van der Waals surface area contributed by atoms with E-state index in [9.17, 15) is 45.9 Å². The molecule has 14 heteroatoms. The van der Waals surface area contributed by atoms with E-state index in [1.807, 2.05) is 5.32 Å². The number of ketones is 1. The maximum atomic E-state index is 13.8. The second-order valence-corrected chi connectivity index (χ2v) is 12.1. The molecule has 0 bridgehead atoms. The van der Waals surface area contributed by atoms with Crippen molar-refractivity contribution in [1.29, 1.82) is 0 Å². The van der Waals surface area contributed by atoms with Gasteiger partial charge in [-0.05, 0) is 69.7 Å². The van der Waals surface area contributed by atoms with Crippen molar-refractivity contribution in [2.24, 2.45) is 11.8 Å². The Morgan fingerprint density at radius 2 is 1.35 bits per heavy atom. The molecule has 0 saturated carbocycles. The SMILES string of the molecule is CC(C)C(NC(=O)[C@@H]1CCCN1C(=O)[C@@H](NC(=O)c1ccc(C(=O)OC(C)(C)C)cc1)C(C)C)C(=O)C(F)(F)C(F)(F)F. The van der Waals surface area contributed by atoms with Crippen molar-refractivity contribution in [3.05, 3.63) is 35.4 Å². The number of Topliss-reactive ketones (excluding diaryl/α,β-unsaturated/α-hetero) is 1. The zero-order chi connectivity index (χ0) is 33.1. The fraction of sp³-hybridized carbons (Fsp3) is 0.621. The first kappa shape index (κ1) is 35.6. The van der Waals surface area contributed by atoms with Gasteiger partial charge in [0.1, 0.15) is 17.7 Å². The Balaban J connectivity index is 2.19. The number of alkyl halides is 5. The molecule has 0 spiro atoms. The van der Waals surface area contributed by atoms with E-state index < -0.39 is 77.1 Å². The van der Waals surface area contributed by atoms with Gasteiger partial charge in [-0.1, -0.05) is 27.7 Å². The number of amides is 3. The Morgan fingerprint density at radius 1 is 0.837 bits per heavy atom. The van der Waals surface area contributed by atoms with Gasteiger partial charge in [-0.2, -0.15) is 22.0 Å². The lowest BCUT2D eigenvalue weighted by atomic mass is 9.95. The van der Waals surface area contributed by atoms with E-state index in [2.05, 4.69) is 5.32 Å². The molecule has 1 fully saturated rings. The molecule has 2 N–H and O–H groups in total. The number of ether oxygens (including phenoxy) is 1. The van der Waals surface area contributed by atoms with Crippen molar-refractivity contribution < 1.29 is 50.7 Å². The van der Waals surface area contributed by atoms with Crippen molar-refractivity contribution >= 4 is 29.5 Å². The van der Waals surface area contributed by atoms with E-state index in [0.717, 1.165) is 4.90 Å². The van der Waals surface area contributed by atoms with Crippen molar-refractivity contribution in [2.45, 2.75) is 97.1 Å². The van der Waals surface area contributed by atoms with Crippen LogP contribution in [0.4, 0.5) is 22.0 Å². The topological polar surface area (TPSA) is 122 Å². The van der Waals surface area contributed by atoms with E-state index in [4.69, 9.17) is 4.74 Å². The van der Waals surface area contributed by atoms with Crippen LogP contribution in [0.2, 0.25) is 0 Å². The summed E-state index contributed by atoms with van der Waals surface area (Å²) in [7, 11) is 0. The molecule has 3 amide bonds. The smallest absolute Gasteiger partial charge is 0.456 e. The lowest BCUT2D eigenvalue weighted by molar-refractivity contribution is -0.270. The molecular formula is C29H38F5N3O6. The molecule has 2 rings (SSSR count). The van der Waals surface area contributed by atoms with Crippen LogP contribution in [0.15, 0.2) is 24.3 Å². The van der Waals surface area contributed by atoms with Gasteiger partial charge in [0.25, 0.3) is 5.91 Å². The van der Waals surface area contributed by atoms with Crippen molar-refractivity contribution in [3.8, 4) is 0 Å². The molecule has 1 aliphatic heterocycles. The molecule has 240 valence electrons. The minimum absolute atomic E-state index is 0.0552. The van der Waals surface area contributed by atoms with Gasteiger partial charge in [0.15, 0.2) is 0 Å². The van der Waals surface area contributed by atoms with E-state index in [-0.39, 0.29) is 24.1 Å². The summed E-state index contributed by atoms with van der Waals surface area (Å²) in [6.07, 6.45) is -5.76. The fourth-order valence-electron chi connectivity index (χ4n) is 4.43. The van der Waals surface area contributed by atoms with Crippen molar-refractivity contribution in [2.75, 3.05) is 6.54 Å². The van der Waals surface area contributed by atoms with Crippen LogP contribution in [0, 0.1) is 11.8 Å². The maximum Gasteiger partial charge on any atom is 0.461 e. The standard InChI is InChI=1S/C29H38F5N3O6/c1-15(2)20(22(38)28(30,31)29(32,33)34)35-24(40)19-9-8-14-37(19)25(41)21(16(3)4)36-23(39)17-10-12-18(13-11-17)26(42)43-27(5,6)7/h10-13,15-16,19-21H,8-9,14H2,1-7H3,(H,35,40)(H,36,39)/t19-,20?,21-/m0/s1. The summed E-state index contributed by atoms with van der Waals surface area (Å²) < 4.78 is 71.4. The van der Waals surface area contributed by atoms with Crippen LogP contribution in [0.1, 0.15) is 82.0 Å². The number of hydrogen-bond acceptors (Lipinski definition) is 6. The summed E-state index contributed by atoms with van der Waals surface area (Å²) >= 11 is 0. The summed E-state index contributed by atoms with van der Waals surface area (Å²) in [5.74, 6) is -12.7. The lowest BCUT2D eigenvalue weighted by Crippen LogP contribution is -2.60. The van der Waals surface area contributed by atoms with Crippen LogP contribution >= 0.6 is 0 Å². The summed E-state index contributed by atoms with van der Waals surface area (Å²) in [5.41, 5.74) is -0.382. The first-order valence-corrected chi connectivity index (χ1v) is 13.8. The van der Waals surface area contributed by atoms with Crippen LogP contribution in [-0.4, -0.2) is 76.7 Å². The van der Waals surface area contributed by atoms with Gasteiger partial charge in [-0.15, -0.1) is 0 Å². The maximum absolute atomic E-state index is 13.8. The zero-order valence-corrected chi connectivity index (χ0v) is 25.1. The first-order valence-electron chi connectivity index (χ1n) is 13.8. The number of nitrogens with one attached hydrogen (secondary N) is 2. The molecule has 1 unspecified atom stereocenters. The van der Waals surface area contributed by atoms with Crippen molar-refractivity contribution in [1.82, 2.24) is 15.5 Å². The largest absolute Gasteiger partial charge is 0.461 e. The van der Waals surface area contributed by atoms with E-state index in [1.165, 1.54) is 38.1 Å². The second kappa shape index (κ2) is 13.4. The third kappa shape index (κ3) is 8.73. The lowest BCUT2D eigenvalue weighted by Gasteiger charge is -2.32. The van der Waals surface area contributed by atoms with Gasteiger partial charge < -0.3 is 20.3 Å². The van der Waals surface area contributed by atoms with E-state index in [0.29, 0.717) is 6.42 Å². The summed E-state index contributed by atoms with van der Waals surface area (Å²) in [6.45, 7) is 10.9. The minimum atomic E-state index is -6.14. The molecule has 9 nitrogen and oxygen atoms in total. The number of halogens is 5. The highest BCUT2D eigenvalue weighted by Crippen LogP contribution is 2.37. The molecule has 0 aromatic heterocycles. The third-order valence-electron chi connectivity index (χ3n) is 6.75. The Bertz CT molecular complexity index is 1210. The number of benzene rings is 1. The quantitative estimate of drug-likeness (QED) is 0.298. The molecule has 1 saturated heterocycles. The highest BCUT2D eigenvalue weighted by atomic mass is 19.4. The zero-order valence-electron chi connectivity index (χ0n) is 25.1. The average Bonchev–Trinajstić information content (AvgIpc) is 3.37. The van der Waals surface area contributed by atoms with Gasteiger partial charge >= 0.3 is 18.1 Å². The molecule has 3 atom stereocenters. The van der Waals surface area contributed by atoms with E-state index >= 15 is 0 Å². The Hall–Kier alpha value is -3.58. The molecule has 0 aliphatic carbocycles. The number of nitrogens with zero attached hydrogens (tertiary/aromatic N) is 1. The summed E-state index contributed by atoms with van der Waals surface area (Å²) in [6, 6.07) is 0.988.